The normalized spacial score (nSPS) is 56.9. The first-order valence-electron chi connectivity index (χ1n) is 14.9. The van der Waals surface area contributed by atoms with E-state index in [1.807, 2.05) is 6.92 Å². The maximum Gasteiger partial charge on any atom is 0.331 e. The fraction of sp³-hybridized carbons (Fsp3) is 0.897. The molecule has 2 aliphatic heterocycles. The maximum absolute atomic E-state index is 12.4. The van der Waals surface area contributed by atoms with Crippen LogP contribution in [0, 0.1) is 28.6 Å². The number of aliphatic hydroxyl groups is 8. The Bertz CT molecular complexity index is 1080. The van der Waals surface area contributed by atoms with Crippen molar-refractivity contribution in [3.05, 3.63) is 11.6 Å². The van der Waals surface area contributed by atoms with E-state index in [2.05, 4.69) is 0 Å². The average molecular weight is 585 g/mol. The third-order valence-corrected chi connectivity index (χ3v) is 12.2. The first-order chi connectivity index (χ1) is 19.2. The van der Waals surface area contributed by atoms with Crippen LogP contribution in [0.15, 0.2) is 11.6 Å². The number of aliphatic hydroxyl groups excluding tert-OH is 6. The minimum absolute atomic E-state index is 0.0369. The van der Waals surface area contributed by atoms with E-state index in [4.69, 9.17) is 14.2 Å². The van der Waals surface area contributed by atoms with Crippen molar-refractivity contribution >= 4 is 5.97 Å². The minimum Gasteiger partial charge on any atom is -0.458 e. The van der Waals surface area contributed by atoms with Gasteiger partial charge in [-0.15, -0.1) is 0 Å². The zero-order chi connectivity index (χ0) is 29.7. The van der Waals surface area contributed by atoms with Crippen molar-refractivity contribution < 1.29 is 59.9 Å². The van der Waals surface area contributed by atoms with Gasteiger partial charge in [0, 0.05) is 30.3 Å². The second-order valence-corrected chi connectivity index (χ2v) is 13.8. The molecule has 0 aromatic heterocycles. The van der Waals surface area contributed by atoms with Gasteiger partial charge < -0.3 is 55.1 Å². The Balaban J connectivity index is 1.28. The molecule has 0 spiro atoms. The van der Waals surface area contributed by atoms with Crippen LogP contribution in [0.4, 0.5) is 0 Å². The second-order valence-electron chi connectivity index (χ2n) is 13.8. The summed E-state index contributed by atoms with van der Waals surface area (Å²) in [6.07, 6.45) is -6.68. The molecule has 0 amide bonds. The predicted molar refractivity (Wildman–Crippen MR) is 139 cm³/mol. The van der Waals surface area contributed by atoms with Gasteiger partial charge in [0.05, 0.1) is 47.6 Å². The number of carbonyl (C=O) groups is 1. The zero-order valence-corrected chi connectivity index (χ0v) is 23.5. The number of rotatable bonds is 4. The van der Waals surface area contributed by atoms with E-state index in [0.29, 0.717) is 19.3 Å². The molecule has 8 N–H and O–H groups in total. The summed E-state index contributed by atoms with van der Waals surface area (Å²) in [5, 5.41) is 89.6. The van der Waals surface area contributed by atoms with Crippen LogP contribution in [0.5, 0.6) is 0 Å². The third kappa shape index (κ3) is 3.99. The van der Waals surface area contributed by atoms with Gasteiger partial charge in [-0.2, -0.15) is 0 Å². The van der Waals surface area contributed by atoms with Crippen molar-refractivity contribution in [2.45, 2.75) is 119 Å². The Labute approximate surface area is 238 Å². The lowest BCUT2D eigenvalue weighted by Gasteiger charge is -2.68. The van der Waals surface area contributed by atoms with Crippen molar-refractivity contribution in [1.29, 1.82) is 0 Å². The maximum atomic E-state index is 12.4. The smallest absolute Gasteiger partial charge is 0.331 e. The molecule has 2 heterocycles. The van der Waals surface area contributed by atoms with E-state index in [1.165, 1.54) is 13.0 Å². The fourth-order valence-electron chi connectivity index (χ4n) is 10.1. The third-order valence-electron chi connectivity index (χ3n) is 12.2. The summed E-state index contributed by atoms with van der Waals surface area (Å²) >= 11 is 0. The summed E-state index contributed by atoms with van der Waals surface area (Å²) in [7, 11) is 0. The highest BCUT2D eigenvalue weighted by atomic mass is 16.7. The molecule has 0 aromatic rings. The molecule has 6 rings (SSSR count). The number of esters is 1. The molecule has 12 heteroatoms. The van der Waals surface area contributed by atoms with Gasteiger partial charge in [0.1, 0.15) is 24.9 Å². The molecule has 5 unspecified atom stereocenters. The molecular weight excluding hydrogens is 540 g/mol. The summed E-state index contributed by atoms with van der Waals surface area (Å²) in [5.74, 6) is -1.93. The lowest BCUT2D eigenvalue weighted by atomic mass is 9.40. The van der Waals surface area contributed by atoms with Gasteiger partial charge in [0.25, 0.3) is 0 Å². The zero-order valence-electron chi connectivity index (χ0n) is 23.5. The van der Waals surface area contributed by atoms with Gasteiger partial charge in [-0.1, -0.05) is 6.92 Å². The Kier molecular flexibility index (Phi) is 7.22. The van der Waals surface area contributed by atoms with Gasteiger partial charge in [-0.05, 0) is 56.4 Å². The van der Waals surface area contributed by atoms with Crippen LogP contribution in [-0.2, 0) is 19.0 Å². The molecule has 5 fully saturated rings. The lowest BCUT2D eigenvalue weighted by Crippen LogP contribution is -2.76. The second kappa shape index (κ2) is 9.91. The monoisotopic (exact) mass is 584 g/mol. The highest BCUT2D eigenvalue weighted by Crippen LogP contribution is 2.70. The van der Waals surface area contributed by atoms with E-state index >= 15 is 0 Å². The van der Waals surface area contributed by atoms with E-state index in [-0.39, 0.29) is 38.2 Å². The largest absolute Gasteiger partial charge is 0.458 e. The molecule has 15 atom stereocenters. The molecule has 0 aromatic carbocycles. The van der Waals surface area contributed by atoms with E-state index < -0.39 is 95.5 Å². The van der Waals surface area contributed by atoms with Crippen molar-refractivity contribution in [3.63, 3.8) is 0 Å². The SMILES string of the molecule is CC1O[C@H](O[C@H]2C[C@@H](O)[C@]3(CO)C4C(O)C[C@@]5(C)[C@@H](C6=CC(=O)OC6)CC[C@]5(O)[C@@H]4CC[C@@]3(O)C2)C(O)C(O)[C@@H]1O. The highest BCUT2D eigenvalue weighted by molar-refractivity contribution is 5.85. The molecule has 1 saturated heterocycles. The molecule has 6 aliphatic rings. The number of hydrogen-bond donors (Lipinski definition) is 8. The van der Waals surface area contributed by atoms with Gasteiger partial charge >= 0.3 is 5.97 Å². The van der Waals surface area contributed by atoms with E-state index in [0.717, 1.165) is 5.57 Å². The van der Waals surface area contributed by atoms with Crippen LogP contribution in [0.2, 0.25) is 0 Å². The van der Waals surface area contributed by atoms with Gasteiger partial charge in [-0.25, -0.2) is 4.79 Å². The summed E-state index contributed by atoms with van der Waals surface area (Å²) in [4.78, 5) is 11.8. The Hall–Kier alpha value is -1.19. The molecule has 232 valence electrons. The van der Waals surface area contributed by atoms with Crippen molar-refractivity contribution in [2.75, 3.05) is 13.2 Å². The van der Waals surface area contributed by atoms with Crippen LogP contribution < -0.4 is 0 Å². The van der Waals surface area contributed by atoms with Gasteiger partial charge in [0.2, 0.25) is 0 Å². The van der Waals surface area contributed by atoms with Crippen LogP contribution in [0.3, 0.4) is 0 Å². The molecule has 12 nitrogen and oxygen atoms in total. The summed E-state index contributed by atoms with van der Waals surface area (Å²) < 4.78 is 16.7. The molecular formula is C29H44O12. The Morgan fingerprint density at radius 2 is 1.76 bits per heavy atom. The summed E-state index contributed by atoms with van der Waals surface area (Å²) in [6.45, 7) is 3.00. The first-order valence-corrected chi connectivity index (χ1v) is 14.9. The summed E-state index contributed by atoms with van der Waals surface area (Å²) in [6, 6.07) is 0. The van der Waals surface area contributed by atoms with Crippen LogP contribution in [-0.4, -0.2) is 120 Å². The molecule has 4 aliphatic carbocycles. The molecule has 0 bridgehead atoms. The number of hydrogen-bond acceptors (Lipinski definition) is 12. The van der Waals surface area contributed by atoms with E-state index in [9.17, 15) is 45.6 Å². The lowest BCUT2D eigenvalue weighted by molar-refractivity contribution is -0.342. The van der Waals surface area contributed by atoms with Gasteiger partial charge in [-0.3, -0.25) is 0 Å². The molecule has 0 radical (unpaired) electrons. The Morgan fingerprint density at radius 3 is 2.41 bits per heavy atom. The van der Waals surface area contributed by atoms with Crippen LogP contribution in [0.25, 0.3) is 0 Å². The van der Waals surface area contributed by atoms with Crippen LogP contribution >= 0.6 is 0 Å². The number of carbonyl (C=O) groups excluding carboxylic acids is 1. The number of ether oxygens (including phenoxy) is 3. The Morgan fingerprint density at radius 1 is 1.02 bits per heavy atom. The van der Waals surface area contributed by atoms with E-state index in [1.54, 1.807) is 0 Å². The molecule has 41 heavy (non-hydrogen) atoms. The van der Waals surface area contributed by atoms with Gasteiger partial charge in [0.15, 0.2) is 6.29 Å². The van der Waals surface area contributed by atoms with Crippen molar-refractivity contribution in [2.24, 2.45) is 28.6 Å². The van der Waals surface area contributed by atoms with Crippen molar-refractivity contribution in [1.82, 2.24) is 0 Å². The van der Waals surface area contributed by atoms with Crippen LogP contribution in [0.1, 0.15) is 58.8 Å². The first kappa shape index (κ1) is 29.9. The topological polar surface area (TPSA) is 207 Å². The minimum atomic E-state index is -1.67. The highest BCUT2D eigenvalue weighted by Gasteiger charge is 2.75. The quantitative estimate of drug-likeness (QED) is 0.140. The average Bonchev–Trinajstić information content (AvgIpc) is 3.45. The summed E-state index contributed by atoms with van der Waals surface area (Å²) in [5.41, 5.74) is -4.46. The van der Waals surface area contributed by atoms with Crippen molar-refractivity contribution in [3.8, 4) is 0 Å². The fourth-order valence-corrected chi connectivity index (χ4v) is 10.1. The standard InChI is InChI=1S/C29H44O12/c1-13-22(34)23(35)24(36)25(40-13)41-15-8-19(32)28(12-30)21-17(3-5-27(28,37)9-15)29(38)6-4-16(14-7-20(33)39-11-14)26(29,2)10-18(21)31/h7,13,15-19,21-25,30-32,34-38H,3-6,8-12H2,1-2H3/t13?,15-,16+,17+,18?,19+,21?,22+,23?,24?,25+,26-,27+,28+,29-/m0/s1. The number of fused-ring (bicyclic) bond motifs is 5. The predicted octanol–water partition coefficient (Wildman–Crippen LogP) is -1.51. The number of cyclic esters (lactones) is 1. The molecule has 4 saturated carbocycles.